The van der Waals surface area contributed by atoms with Gasteiger partial charge in [-0.05, 0) is 42.7 Å². The number of hydrogen-bond donors (Lipinski definition) is 4. The topological polar surface area (TPSA) is 145 Å². The highest BCUT2D eigenvalue weighted by Crippen LogP contribution is 2.32. The molecule has 1 aromatic carbocycles. The summed E-state index contributed by atoms with van der Waals surface area (Å²) in [6.45, 7) is 0. The second-order valence-electron chi connectivity index (χ2n) is 8.76. The molecule has 1 fully saturated rings. The second-order valence-corrected chi connectivity index (χ2v) is 8.76. The molecule has 0 unspecified atom stereocenters. The van der Waals surface area contributed by atoms with E-state index in [2.05, 4.69) is 36.1 Å². The van der Waals surface area contributed by atoms with E-state index in [0.29, 0.717) is 28.0 Å². The number of fused-ring (bicyclic) bond motifs is 1. The Bertz CT molecular complexity index is 1480. The third kappa shape index (κ3) is 4.85. The smallest absolute Gasteiger partial charge is 0.321 e. The van der Waals surface area contributed by atoms with Crippen molar-refractivity contribution in [2.24, 2.45) is 5.92 Å². The van der Waals surface area contributed by atoms with Crippen LogP contribution in [0.5, 0.6) is 0 Å². The molecule has 4 aromatic rings. The van der Waals surface area contributed by atoms with Crippen molar-refractivity contribution in [3.8, 4) is 11.1 Å². The van der Waals surface area contributed by atoms with Gasteiger partial charge in [0.25, 0.3) is 5.91 Å². The standard InChI is InChI=1S/C25H24N8O3/c1-33(2)25(36)28-17-9-16(11-27-12-17)15-5-6-19-18(10-15)22(32-31-19)24(35)30-21-13-26-8-7-20(21)29-23(34)14-3-4-14/h5-14H,3-4H2,1-2H3,(H,28,36)(H,30,35)(H,31,32)(H,26,29,34). The number of amides is 4. The number of hydrogen-bond acceptors (Lipinski definition) is 6. The van der Waals surface area contributed by atoms with Crippen molar-refractivity contribution in [3.05, 3.63) is 60.8 Å². The van der Waals surface area contributed by atoms with Crippen LogP contribution < -0.4 is 16.0 Å². The summed E-state index contributed by atoms with van der Waals surface area (Å²) >= 11 is 0. The second kappa shape index (κ2) is 9.45. The highest BCUT2D eigenvalue weighted by atomic mass is 16.2. The third-order valence-corrected chi connectivity index (χ3v) is 5.78. The zero-order chi connectivity index (χ0) is 25.2. The van der Waals surface area contributed by atoms with Crippen LogP contribution >= 0.6 is 0 Å². The SMILES string of the molecule is CN(C)C(=O)Nc1cncc(-c2ccc3[nH]nc(C(=O)Nc4cnccc4NC(=O)C4CC4)c3c2)c1. The molecular formula is C25H24N8O3. The molecule has 0 atom stereocenters. The lowest BCUT2D eigenvalue weighted by Crippen LogP contribution is -2.27. The van der Waals surface area contributed by atoms with Crippen LogP contribution in [0.4, 0.5) is 21.9 Å². The number of H-pyrrole nitrogens is 1. The van der Waals surface area contributed by atoms with E-state index >= 15 is 0 Å². The first kappa shape index (κ1) is 23.0. The highest BCUT2D eigenvalue weighted by Gasteiger charge is 2.30. The van der Waals surface area contributed by atoms with Gasteiger partial charge in [-0.2, -0.15) is 5.10 Å². The summed E-state index contributed by atoms with van der Waals surface area (Å²) in [5.41, 5.74) is 3.86. The Balaban J connectivity index is 1.40. The van der Waals surface area contributed by atoms with Crippen LogP contribution in [0.25, 0.3) is 22.0 Å². The van der Waals surface area contributed by atoms with Crippen LogP contribution in [0.3, 0.4) is 0 Å². The van der Waals surface area contributed by atoms with Crippen molar-refractivity contribution in [1.29, 1.82) is 0 Å². The first-order valence-corrected chi connectivity index (χ1v) is 11.4. The largest absolute Gasteiger partial charge is 0.331 e. The number of pyridine rings is 2. The maximum absolute atomic E-state index is 13.2. The first-order valence-electron chi connectivity index (χ1n) is 11.4. The number of carbonyl (C=O) groups is 3. The summed E-state index contributed by atoms with van der Waals surface area (Å²) in [6.07, 6.45) is 8.03. The first-order chi connectivity index (χ1) is 17.4. The fourth-order valence-corrected chi connectivity index (χ4v) is 3.63. The van der Waals surface area contributed by atoms with E-state index in [4.69, 9.17) is 0 Å². The van der Waals surface area contributed by atoms with E-state index in [1.165, 1.54) is 11.1 Å². The normalized spacial score (nSPS) is 12.7. The summed E-state index contributed by atoms with van der Waals surface area (Å²) in [5, 5.41) is 16.1. The molecule has 0 bridgehead atoms. The number of nitrogens with zero attached hydrogens (tertiary/aromatic N) is 4. The van der Waals surface area contributed by atoms with Crippen molar-refractivity contribution >= 4 is 45.8 Å². The molecule has 4 amide bonds. The fraction of sp³-hybridized carbons (Fsp3) is 0.200. The number of aromatic nitrogens is 4. The van der Waals surface area contributed by atoms with Gasteiger partial charge in [0.05, 0.1) is 35.0 Å². The molecule has 4 N–H and O–H groups in total. The van der Waals surface area contributed by atoms with Gasteiger partial charge in [-0.15, -0.1) is 0 Å². The average Bonchev–Trinajstić information content (AvgIpc) is 3.64. The summed E-state index contributed by atoms with van der Waals surface area (Å²) in [7, 11) is 3.31. The van der Waals surface area contributed by atoms with Crippen molar-refractivity contribution in [3.63, 3.8) is 0 Å². The number of carbonyl (C=O) groups excluding carboxylic acids is 3. The van der Waals surface area contributed by atoms with Crippen molar-refractivity contribution < 1.29 is 14.4 Å². The predicted molar refractivity (Wildman–Crippen MR) is 136 cm³/mol. The molecule has 0 spiro atoms. The average molecular weight is 485 g/mol. The lowest BCUT2D eigenvalue weighted by molar-refractivity contribution is -0.117. The predicted octanol–water partition coefficient (Wildman–Crippen LogP) is 3.71. The van der Waals surface area contributed by atoms with Gasteiger partial charge in [0.2, 0.25) is 5.91 Å². The Morgan fingerprint density at radius 2 is 1.75 bits per heavy atom. The van der Waals surface area contributed by atoms with Gasteiger partial charge in [-0.1, -0.05) is 6.07 Å². The Morgan fingerprint density at radius 1 is 0.917 bits per heavy atom. The maximum atomic E-state index is 13.2. The molecule has 1 aliphatic carbocycles. The highest BCUT2D eigenvalue weighted by molar-refractivity contribution is 6.13. The van der Waals surface area contributed by atoms with Crippen LogP contribution in [-0.2, 0) is 4.79 Å². The van der Waals surface area contributed by atoms with Crippen molar-refractivity contribution in [1.82, 2.24) is 25.1 Å². The Kier molecular flexibility index (Phi) is 6.03. The number of aromatic amines is 1. The molecule has 1 aliphatic rings. The minimum atomic E-state index is -0.446. The molecule has 3 heterocycles. The minimum Gasteiger partial charge on any atom is -0.331 e. The lowest BCUT2D eigenvalue weighted by atomic mass is 10.0. The van der Waals surface area contributed by atoms with E-state index in [1.807, 2.05) is 18.2 Å². The molecular weight excluding hydrogens is 460 g/mol. The monoisotopic (exact) mass is 484 g/mol. The minimum absolute atomic E-state index is 0.0274. The van der Waals surface area contributed by atoms with Crippen molar-refractivity contribution in [2.45, 2.75) is 12.8 Å². The molecule has 5 rings (SSSR count). The maximum Gasteiger partial charge on any atom is 0.321 e. The van der Waals surface area contributed by atoms with Crippen molar-refractivity contribution in [2.75, 3.05) is 30.0 Å². The molecule has 0 saturated heterocycles. The molecule has 182 valence electrons. The van der Waals surface area contributed by atoms with Gasteiger partial charge < -0.3 is 20.9 Å². The molecule has 11 nitrogen and oxygen atoms in total. The van der Waals surface area contributed by atoms with Gasteiger partial charge >= 0.3 is 6.03 Å². The number of nitrogens with one attached hydrogen (secondary N) is 4. The zero-order valence-electron chi connectivity index (χ0n) is 19.7. The number of rotatable bonds is 6. The molecule has 0 aliphatic heterocycles. The van der Waals surface area contributed by atoms with E-state index < -0.39 is 5.91 Å². The molecule has 36 heavy (non-hydrogen) atoms. The van der Waals surface area contributed by atoms with E-state index in [1.54, 1.807) is 44.8 Å². The Labute approximate surface area is 206 Å². The van der Waals surface area contributed by atoms with Gasteiger partial charge in [0.15, 0.2) is 5.69 Å². The number of urea groups is 1. The molecule has 0 radical (unpaired) electrons. The number of anilines is 3. The van der Waals surface area contributed by atoms with Gasteiger partial charge in [0, 0.05) is 43.4 Å². The quantitative estimate of drug-likeness (QED) is 0.328. The van der Waals surface area contributed by atoms with Gasteiger partial charge in [-0.25, -0.2) is 4.79 Å². The molecule has 1 saturated carbocycles. The summed E-state index contributed by atoms with van der Waals surface area (Å²) in [6, 6.07) is 8.72. The summed E-state index contributed by atoms with van der Waals surface area (Å²) < 4.78 is 0. The van der Waals surface area contributed by atoms with Crippen LogP contribution in [0.15, 0.2) is 55.1 Å². The third-order valence-electron chi connectivity index (χ3n) is 5.78. The molecule has 11 heteroatoms. The lowest BCUT2D eigenvalue weighted by Gasteiger charge is -2.12. The van der Waals surface area contributed by atoms with Crippen LogP contribution in [0.1, 0.15) is 23.3 Å². The van der Waals surface area contributed by atoms with Crippen LogP contribution in [0, 0.1) is 5.92 Å². The van der Waals surface area contributed by atoms with E-state index in [0.717, 1.165) is 24.0 Å². The summed E-state index contributed by atoms with van der Waals surface area (Å²) in [5.74, 6) is -0.484. The van der Waals surface area contributed by atoms with E-state index in [-0.39, 0.29) is 23.6 Å². The fourth-order valence-electron chi connectivity index (χ4n) is 3.63. The number of benzene rings is 1. The van der Waals surface area contributed by atoms with Gasteiger partial charge in [0.1, 0.15) is 0 Å². The molecule has 3 aromatic heterocycles. The zero-order valence-corrected chi connectivity index (χ0v) is 19.7. The van der Waals surface area contributed by atoms with Crippen LogP contribution in [0.2, 0.25) is 0 Å². The Morgan fingerprint density at radius 3 is 2.53 bits per heavy atom. The van der Waals surface area contributed by atoms with E-state index in [9.17, 15) is 14.4 Å². The summed E-state index contributed by atoms with van der Waals surface area (Å²) in [4.78, 5) is 47.1. The Hall–Kier alpha value is -4.80. The van der Waals surface area contributed by atoms with Gasteiger partial charge in [-0.3, -0.25) is 24.7 Å². The van der Waals surface area contributed by atoms with Crippen LogP contribution in [-0.4, -0.2) is 57.0 Å².